The molecule has 28 heavy (non-hydrogen) atoms. The van der Waals surface area contributed by atoms with Crippen LogP contribution in [-0.4, -0.2) is 22.3 Å². The van der Waals surface area contributed by atoms with Crippen LogP contribution in [0.2, 0.25) is 0 Å². The quantitative estimate of drug-likeness (QED) is 0.546. The van der Waals surface area contributed by atoms with E-state index in [-0.39, 0.29) is 12.5 Å². The number of anilines is 1. The van der Waals surface area contributed by atoms with Crippen molar-refractivity contribution in [2.24, 2.45) is 0 Å². The molecule has 0 unspecified atom stereocenters. The highest BCUT2D eigenvalue weighted by atomic mass is 16.5. The molecule has 4 rings (SSSR count). The number of rotatable bonds is 6. The summed E-state index contributed by atoms with van der Waals surface area (Å²) in [6.45, 7) is 2.68. The van der Waals surface area contributed by atoms with Gasteiger partial charge in [-0.1, -0.05) is 54.6 Å². The lowest BCUT2D eigenvalue weighted by molar-refractivity contribution is -0.118. The zero-order chi connectivity index (χ0) is 19.3. The maximum atomic E-state index is 12.2. The Morgan fingerprint density at radius 3 is 2.68 bits per heavy atom. The van der Waals surface area contributed by atoms with Crippen molar-refractivity contribution in [2.45, 2.75) is 13.5 Å². The molecule has 4 aromatic rings. The van der Waals surface area contributed by atoms with Crippen LogP contribution in [0, 0.1) is 6.92 Å². The molecule has 0 saturated heterocycles. The van der Waals surface area contributed by atoms with Crippen LogP contribution in [-0.2, 0) is 11.3 Å². The highest BCUT2D eigenvalue weighted by Crippen LogP contribution is 2.20. The largest absolute Gasteiger partial charge is 0.484 e. The number of nitrogens with zero attached hydrogens (tertiary/aromatic N) is 2. The number of aromatic nitrogens is 2. The third-order valence-electron chi connectivity index (χ3n) is 4.60. The summed E-state index contributed by atoms with van der Waals surface area (Å²) in [4.78, 5) is 12.2. The first-order valence-electron chi connectivity index (χ1n) is 9.16. The molecule has 1 amide bonds. The van der Waals surface area contributed by atoms with E-state index in [1.165, 1.54) is 11.1 Å². The molecule has 0 bridgehead atoms. The van der Waals surface area contributed by atoms with Crippen LogP contribution < -0.4 is 10.1 Å². The molecule has 0 aliphatic carbocycles. The van der Waals surface area contributed by atoms with Gasteiger partial charge in [-0.25, -0.2) is 0 Å². The molecule has 1 heterocycles. The number of nitrogens with one attached hydrogen (secondary N) is 1. The Bertz CT molecular complexity index is 1120. The number of carbonyl (C=O) groups excluding carboxylic acids is 1. The summed E-state index contributed by atoms with van der Waals surface area (Å²) in [5.41, 5.74) is 3.07. The van der Waals surface area contributed by atoms with Crippen molar-refractivity contribution in [3.8, 4) is 5.75 Å². The van der Waals surface area contributed by atoms with E-state index >= 15 is 0 Å². The number of hydrogen-bond donors (Lipinski definition) is 1. The van der Waals surface area contributed by atoms with Crippen molar-refractivity contribution >= 4 is 22.4 Å². The monoisotopic (exact) mass is 371 g/mol. The van der Waals surface area contributed by atoms with E-state index < -0.39 is 0 Å². The number of benzene rings is 3. The Morgan fingerprint density at radius 2 is 1.82 bits per heavy atom. The topological polar surface area (TPSA) is 56.2 Å². The lowest BCUT2D eigenvalue weighted by Crippen LogP contribution is -2.19. The highest BCUT2D eigenvalue weighted by molar-refractivity contribution is 5.91. The molecule has 0 saturated carbocycles. The molecule has 5 nitrogen and oxygen atoms in total. The van der Waals surface area contributed by atoms with Crippen molar-refractivity contribution < 1.29 is 9.53 Å². The average molecular weight is 371 g/mol. The van der Waals surface area contributed by atoms with Crippen LogP contribution in [0.25, 0.3) is 10.8 Å². The van der Waals surface area contributed by atoms with Crippen LogP contribution in [0.15, 0.2) is 79.1 Å². The number of amides is 1. The zero-order valence-electron chi connectivity index (χ0n) is 15.6. The second kappa shape index (κ2) is 7.96. The van der Waals surface area contributed by atoms with Crippen molar-refractivity contribution in [2.75, 3.05) is 11.9 Å². The molecule has 0 radical (unpaired) electrons. The van der Waals surface area contributed by atoms with Crippen LogP contribution in [0.5, 0.6) is 5.75 Å². The number of aryl methyl sites for hydroxylation is 1. The summed E-state index contributed by atoms with van der Waals surface area (Å²) in [6.07, 6.45) is 3.46. The third-order valence-corrected chi connectivity index (χ3v) is 4.60. The SMILES string of the molecule is Cc1ccccc1Cn1cc(NC(=O)COc2ccc3ccccc3c2)cn1. The second-order valence-corrected chi connectivity index (χ2v) is 6.70. The summed E-state index contributed by atoms with van der Waals surface area (Å²) in [5, 5.41) is 9.36. The maximum absolute atomic E-state index is 12.2. The second-order valence-electron chi connectivity index (χ2n) is 6.70. The van der Waals surface area contributed by atoms with Gasteiger partial charge in [-0.05, 0) is 41.0 Å². The van der Waals surface area contributed by atoms with Crippen LogP contribution in [0.3, 0.4) is 0 Å². The van der Waals surface area contributed by atoms with Gasteiger partial charge >= 0.3 is 0 Å². The summed E-state index contributed by atoms with van der Waals surface area (Å²) >= 11 is 0. The fraction of sp³-hybridized carbons (Fsp3) is 0.130. The van der Waals surface area contributed by atoms with E-state index in [1.54, 1.807) is 6.20 Å². The lowest BCUT2D eigenvalue weighted by atomic mass is 10.1. The predicted molar refractivity (Wildman–Crippen MR) is 111 cm³/mol. The van der Waals surface area contributed by atoms with Gasteiger partial charge in [0.05, 0.1) is 18.4 Å². The van der Waals surface area contributed by atoms with Gasteiger partial charge in [-0.3, -0.25) is 9.48 Å². The number of hydrogen-bond acceptors (Lipinski definition) is 3. The first-order valence-corrected chi connectivity index (χ1v) is 9.16. The molecule has 5 heteroatoms. The van der Waals surface area contributed by atoms with Gasteiger partial charge in [0.1, 0.15) is 5.75 Å². The molecule has 140 valence electrons. The Morgan fingerprint density at radius 1 is 1.04 bits per heavy atom. The molecule has 0 aliphatic rings. The predicted octanol–water partition coefficient (Wildman–Crippen LogP) is 4.41. The Labute approximate surface area is 163 Å². The molecule has 3 aromatic carbocycles. The molecule has 0 spiro atoms. The molecule has 0 fully saturated rings. The van der Waals surface area contributed by atoms with Crippen molar-refractivity contribution in [3.63, 3.8) is 0 Å². The molecular formula is C23H21N3O2. The van der Waals surface area contributed by atoms with E-state index in [9.17, 15) is 4.79 Å². The maximum Gasteiger partial charge on any atom is 0.262 e. The van der Waals surface area contributed by atoms with Gasteiger partial charge < -0.3 is 10.1 Å². The van der Waals surface area contributed by atoms with Gasteiger partial charge in [-0.2, -0.15) is 5.10 Å². The Balaban J connectivity index is 1.33. The summed E-state index contributed by atoms with van der Waals surface area (Å²) in [7, 11) is 0. The minimum Gasteiger partial charge on any atom is -0.484 e. The zero-order valence-corrected chi connectivity index (χ0v) is 15.6. The minimum atomic E-state index is -0.219. The van der Waals surface area contributed by atoms with E-state index in [4.69, 9.17) is 4.74 Å². The molecular weight excluding hydrogens is 350 g/mol. The van der Waals surface area contributed by atoms with E-state index in [0.29, 0.717) is 18.0 Å². The summed E-state index contributed by atoms with van der Waals surface area (Å²) in [6, 6.07) is 22.0. The van der Waals surface area contributed by atoms with Crippen molar-refractivity contribution in [3.05, 3.63) is 90.3 Å². The number of carbonyl (C=O) groups is 1. The summed E-state index contributed by atoms with van der Waals surface area (Å²) in [5.74, 6) is 0.452. The standard InChI is InChI=1S/C23H21N3O2/c1-17-6-2-3-9-20(17)14-26-15-21(13-24-26)25-23(27)16-28-22-11-10-18-7-4-5-8-19(18)12-22/h2-13,15H,14,16H2,1H3,(H,25,27). The first-order chi connectivity index (χ1) is 13.7. The van der Waals surface area contributed by atoms with Crippen LogP contribution in [0.1, 0.15) is 11.1 Å². The Hall–Kier alpha value is -3.60. The fourth-order valence-corrected chi connectivity index (χ4v) is 3.08. The van der Waals surface area contributed by atoms with Crippen LogP contribution >= 0.6 is 0 Å². The smallest absolute Gasteiger partial charge is 0.262 e. The van der Waals surface area contributed by atoms with Crippen molar-refractivity contribution in [1.82, 2.24) is 9.78 Å². The van der Waals surface area contributed by atoms with E-state index in [1.807, 2.05) is 65.5 Å². The molecule has 1 aromatic heterocycles. The van der Waals surface area contributed by atoms with Gasteiger partial charge in [0.25, 0.3) is 5.91 Å². The third kappa shape index (κ3) is 4.20. The molecule has 0 aliphatic heterocycles. The normalized spacial score (nSPS) is 10.8. The van der Waals surface area contributed by atoms with Crippen LogP contribution in [0.4, 0.5) is 5.69 Å². The lowest BCUT2D eigenvalue weighted by Gasteiger charge is -2.07. The van der Waals surface area contributed by atoms with Gasteiger partial charge in [0.2, 0.25) is 0 Å². The molecule has 0 atom stereocenters. The molecule has 1 N–H and O–H groups in total. The van der Waals surface area contributed by atoms with Gasteiger partial charge in [0, 0.05) is 6.20 Å². The van der Waals surface area contributed by atoms with Gasteiger partial charge in [0.15, 0.2) is 6.61 Å². The average Bonchev–Trinajstić information content (AvgIpc) is 3.15. The number of fused-ring (bicyclic) bond motifs is 1. The van der Waals surface area contributed by atoms with Gasteiger partial charge in [-0.15, -0.1) is 0 Å². The van der Waals surface area contributed by atoms with Crippen molar-refractivity contribution in [1.29, 1.82) is 0 Å². The van der Waals surface area contributed by atoms with E-state index in [2.05, 4.69) is 29.5 Å². The minimum absolute atomic E-state index is 0.0543. The van der Waals surface area contributed by atoms with E-state index in [0.717, 1.165) is 10.8 Å². The number of ether oxygens (including phenoxy) is 1. The Kier molecular flexibility index (Phi) is 5.06. The fourth-order valence-electron chi connectivity index (χ4n) is 3.08. The first kappa shape index (κ1) is 17.8. The summed E-state index contributed by atoms with van der Waals surface area (Å²) < 4.78 is 7.43. The highest BCUT2D eigenvalue weighted by Gasteiger charge is 2.07.